The summed E-state index contributed by atoms with van der Waals surface area (Å²) in [5, 5.41) is 3.02. The Morgan fingerprint density at radius 3 is 2.30 bits per heavy atom. The van der Waals surface area contributed by atoms with E-state index in [1.807, 2.05) is 20.8 Å². The van der Waals surface area contributed by atoms with Gasteiger partial charge in [-0.05, 0) is 45.3 Å². The van der Waals surface area contributed by atoms with Crippen LogP contribution >= 0.6 is 0 Å². The topological polar surface area (TPSA) is 58.6 Å². The fourth-order valence-electron chi connectivity index (χ4n) is 2.52. The number of ether oxygens (including phenoxy) is 1. The maximum atomic E-state index is 12.4. The molecular weight excluding hydrogens is 256 g/mol. The Kier molecular flexibility index (Phi) is 5.99. The van der Waals surface area contributed by atoms with E-state index in [1.165, 1.54) is 0 Å². The van der Waals surface area contributed by atoms with Crippen LogP contribution in [0.15, 0.2) is 0 Å². The summed E-state index contributed by atoms with van der Waals surface area (Å²) in [5.74, 6) is -1.38. The fourth-order valence-corrected chi connectivity index (χ4v) is 2.52. The van der Waals surface area contributed by atoms with E-state index in [9.17, 15) is 9.59 Å². The van der Waals surface area contributed by atoms with Crippen molar-refractivity contribution in [3.05, 3.63) is 0 Å². The second kappa shape index (κ2) is 7.07. The number of carbonyl (C=O) groups excluding carboxylic acids is 2. The largest absolute Gasteiger partial charge is 0.465 e. The number of nitrogens with zero attached hydrogens (tertiary/aromatic N) is 1. The quantitative estimate of drug-likeness (QED) is 0.626. The Bertz CT molecular complexity index is 342. The smallest absolute Gasteiger partial charge is 0.319 e. The van der Waals surface area contributed by atoms with E-state index in [0.29, 0.717) is 6.61 Å². The summed E-state index contributed by atoms with van der Waals surface area (Å²) < 4.78 is 5.05. The summed E-state index contributed by atoms with van der Waals surface area (Å²) in [6, 6.07) is 0.165. The number of nitrogens with one attached hydrogen (secondary N) is 1. The second-order valence-corrected chi connectivity index (χ2v) is 6.64. The van der Waals surface area contributed by atoms with Crippen molar-refractivity contribution in [1.82, 2.24) is 10.2 Å². The monoisotopic (exact) mass is 284 g/mol. The molecule has 1 fully saturated rings. The summed E-state index contributed by atoms with van der Waals surface area (Å²) in [6.07, 6.45) is 1.86. The normalized spacial score (nSPS) is 19.4. The van der Waals surface area contributed by atoms with Gasteiger partial charge in [-0.15, -0.1) is 0 Å². The molecule has 116 valence electrons. The van der Waals surface area contributed by atoms with Gasteiger partial charge < -0.3 is 15.0 Å². The van der Waals surface area contributed by atoms with Gasteiger partial charge in [0.15, 0.2) is 0 Å². The summed E-state index contributed by atoms with van der Waals surface area (Å²) in [7, 11) is 2.08. The minimum Gasteiger partial charge on any atom is -0.465 e. The van der Waals surface area contributed by atoms with Gasteiger partial charge in [-0.3, -0.25) is 9.59 Å². The Morgan fingerprint density at radius 2 is 1.85 bits per heavy atom. The number of amides is 1. The number of hydrogen-bond acceptors (Lipinski definition) is 4. The zero-order chi connectivity index (χ0) is 15.3. The average Bonchev–Trinajstić information content (AvgIpc) is 2.30. The van der Waals surface area contributed by atoms with Gasteiger partial charge in [0.25, 0.3) is 0 Å². The molecule has 1 unspecified atom stereocenters. The molecule has 20 heavy (non-hydrogen) atoms. The summed E-state index contributed by atoms with van der Waals surface area (Å²) in [5.41, 5.74) is -0.443. The fraction of sp³-hybridized carbons (Fsp3) is 0.867. The number of hydrogen-bond donors (Lipinski definition) is 1. The van der Waals surface area contributed by atoms with Gasteiger partial charge in [-0.25, -0.2) is 0 Å². The van der Waals surface area contributed by atoms with Crippen LogP contribution in [-0.4, -0.2) is 49.6 Å². The summed E-state index contributed by atoms with van der Waals surface area (Å²) >= 11 is 0. The van der Waals surface area contributed by atoms with Crippen LogP contribution in [0.25, 0.3) is 0 Å². The van der Waals surface area contributed by atoms with E-state index in [0.717, 1.165) is 25.9 Å². The first kappa shape index (κ1) is 17.0. The molecule has 0 aromatic rings. The van der Waals surface area contributed by atoms with Crippen molar-refractivity contribution >= 4 is 11.9 Å². The minimum atomic E-state index is -0.748. The van der Waals surface area contributed by atoms with Gasteiger partial charge in [0.2, 0.25) is 5.91 Å². The van der Waals surface area contributed by atoms with Gasteiger partial charge in [0, 0.05) is 6.04 Å². The van der Waals surface area contributed by atoms with Crippen molar-refractivity contribution < 1.29 is 14.3 Å². The Balaban J connectivity index is 2.66. The molecule has 5 heteroatoms. The zero-order valence-corrected chi connectivity index (χ0v) is 13.4. The van der Waals surface area contributed by atoms with Gasteiger partial charge in [-0.1, -0.05) is 20.8 Å². The first-order chi connectivity index (χ1) is 9.25. The molecule has 1 aliphatic heterocycles. The summed E-state index contributed by atoms with van der Waals surface area (Å²) in [4.78, 5) is 26.7. The third-order valence-electron chi connectivity index (χ3n) is 3.72. The van der Waals surface area contributed by atoms with Crippen LogP contribution in [0.5, 0.6) is 0 Å². The lowest BCUT2D eigenvalue weighted by Crippen LogP contribution is -2.49. The average molecular weight is 284 g/mol. The van der Waals surface area contributed by atoms with Crippen molar-refractivity contribution in [2.75, 3.05) is 26.7 Å². The maximum Gasteiger partial charge on any atom is 0.319 e. The third kappa shape index (κ3) is 4.78. The van der Waals surface area contributed by atoms with Crippen LogP contribution in [0, 0.1) is 11.3 Å². The Morgan fingerprint density at radius 1 is 1.30 bits per heavy atom. The first-order valence-electron chi connectivity index (χ1n) is 7.41. The molecule has 5 nitrogen and oxygen atoms in total. The number of rotatable bonds is 4. The van der Waals surface area contributed by atoms with Crippen LogP contribution in [0.3, 0.4) is 0 Å². The molecule has 1 saturated heterocycles. The molecule has 0 radical (unpaired) electrons. The molecule has 1 amide bonds. The number of likely N-dealkylation sites (tertiary alicyclic amines) is 1. The third-order valence-corrected chi connectivity index (χ3v) is 3.72. The van der Waals surface area contributed by atoms with E-state index in [4.69, 9.17) is 4.74 Å². The van der Waals surface area contributed by atoms with E-state index >= 15 is 0 Å². The number of carbonyl (C=O) groups is 2. The first-order valence-corrected chi connectivity index (χ1v) is 7.41. The SMILES string of the molecule is CCOC(=O)C(C(=O)NC1CCN(C)CC1)C(C)(C)C. The Hall–Kier alpha value is -1.10. The minimum absolute atomic E-state index is 0.165. The standard InChI is InChI=1S/C15H28N2O3/c1-6-20-14(19)12(15(2,3)4)13(18)16-11-7-9-17(5)10-8-11/h11-12H,6-10H2,1-5H3,(H,16,18). The lowest BCUT2D eigenvalue weighted by atomic mass is 9.80. The van der Waals surface area contributed by atoms with E-state index in [-0.39, 0.29) is 11.9 Å². The highest BCUT2D eigenvalue weighted by Gasteiger charge is 2.39. The molecule has 1 heterocycles. The molecule has 1 aliphatic rings. The van der Waals surface area contributed by atoms with Gasteiger partial charge in [0.05, 0.1) is 6.61 Å². The van der Waals surface area contributed by atoms with E-state index < -0.39 is 17.3 Å². The van der Waals surface area contributed by atoms with Crippen molar-refractivity contribution in [2.45, 2.75) is 46.6 Å². The lowest BCUT2D eigenvalue weighted by molar-refractivity contribution is -0.157. The van der Waals surface area contributed by atoms with Crippen LogP contribution in [0.2, 0.25) is 0 Å². The van der Waals surface area contributed by atoms with Crippen molar-refractivity contribution in [3.63, 3.8) is 0 Å². The molecule has 1 rings (SSSR count). The molecule has 0 aromatic heterocycles. The van der Waals surface area contributed by atoms with Gasteiger partial charge in [0.1, 0.15) is 5.92 Å². The van der Waals surface area contributed by atoms with Gasteiger partial charge in [-0.2, -0.15) is 0 Å². The molecule has 0 aliphatic carbocycles. The predicted octanol–water partition coefficient (Wildman–Crippen LogP) is 1.42. The van der Waals surface area contributed by atoms with Crippen LogP contribution in [0.4, 0.5) is 0 Å². The molecule has 0 bridgehead atoms. The van der Waals surface area contributed by atoms with Crippen LogP contribution in [0.1, 0.15) is 40.5 Å². The second-order valence-electron chi connectivity index (χ2n) is 6.64. The highest BCUT2D eigenvalue weighted by molar-refractivity contribution is 5.98. The highest BCUT2D eigenvalue weighted by Crippen LogP contribution is 2.28. The highest BCUT2D eigenvalue weighted by atomic mass is 16.5. The lowest BCUT2D eigenvalue weighted by Gasteiger charge is -2.33. The molecule has 0 spiro atoms. The summed E-state index contributed by atoms with van der Waals surface area (Å²) in [6.45, 7) is 9.68. The van der Waals surface area contributed by atoms with Crippen LogP contribution in [-0.2, 0) is 14.3 Å². The van der Waals surface area contributed by atoms with E-state index in [1.54, 1.807) is 6.92 Å². The molecule has 1 N–H and O–H groups in total. The molecule has 0 aromatic carbocycles. The number of esters is 1. The molecule has 1 atom stereocenters. The van der Waals surface area contributed by atoms with Crippen molar-refractivity contribution in [2.24, 2.45) is 11.3 Å². The maximum absolute atomic E-state index is 12.4. The zero-order valence-electron chi connectivity index (χ0n) is 13.4. The Labute approximate surface area is 122 Å². The van der Waals surface area contributed by atoms with Gasteiger partial charge >= 0.3 is 5.97 Å². The van der Waals surface area contributed by atoms with E-state index in [2.05, 4.69) is 17.3 Å². The predicted molar refractivity (Wildman–Crippen MR) is 78.2 cm³/mol. The van der Waals surface area contributed by atoms with Crippen LogP contribution < -0.4 is 5.32 Å². The van der Waals surface area contributed by atoms with Crippen molar-refractivity contribution in [3.8, 4) is 0 Å². The molecular formula is C15H28N2O3. The van der Waals surface area contributed by atoms with Crippen molar-refractivity contribution in [1.29, 1.82) is 0 Å². The molecule has 0 saturated carbocycles. The number of piperidine rings is 1.